The second-order valence-electron chi connectivity index (χ2n) is 12.2. The maximum Gasteiger partial charge on any atom is 0.272 e. The molecule has 41 heavy (non-hydrogen) atoms. The molecule has 3 saturated heterocycles. The van der Waals surface area contributed by atoms with E-state index < -0.39 is 10.0 Å². The van der Waals surface area contributed by atoms with E-state index in [1.165, 1.54) is 18.2 Å². The number of sulfonamides is 1. The lowest BCUT2D eigenvalue weighted by Crippen LogP contribution is -2.51. The summed E-state index contributed by atoms with van der Waals surface area (Å²) in [7, 11) is -3.17. The van der Waals surface area contributed by atoms with Crippen molar-refractivity contribution < 1.29 is 17.9 Å². The number of piperidine rings is 2. The molecule has 1 aliphatic carbocycles. The monoisotopic (exact) mass is 586 g/mol. The van der Waals surface area contributed by atoms with Crippen LogP contribution in [0.25, 0.3) is 0 Å². The molecular weight excluding hydrogens is 540 g/mol. The molecule has 10 nitrogen and oxygen atoms in total. The van der Waals surface area contributed by atoms with Gasteiger partial charge in [0.05, 0.1) is 18.5 Å². The Morgan fingerprint density at radius 2 is 1.80 bits per heavy atom. The third-order valence-corrected chi connectivity index (χ3v) is 9.90. The van der Waals surface area contributed by atoms with Gasteiger partial charge in [0.2, 0.25) is 10.0 Å². The number of amides is 1. The average Bonchev–Trinajstić information content (AvgIpc) is 2.96. The van der Waals surface area contributed by atoms with Gasteiger partial charge in [-0.25, -0.2) is 23.1 Å². The summed E-state index contributed by atoms with van der Waals surface area (Å²) in [5.74, 6) is 1.11. The van der Waals surface area contributed by atoms with Crippen molar-refractivity contribution in [3.8, 4) is 0 Å². The molecule has 1 aromatic rings. The summed E-state index contributed by atoms with van der Waals surface area (Å²) >= 11 is 0. The Morgan fingerprint density at radius 1 is 1.05 bits per heavy atom. The molecule has 3 fully saturated rings. The molecule has 2 N–H and O–H groups in total. The van der Waals surface area contributed by atoms with Gasteiger partial charge in [-0.1, -0.05) is 23.8 Å². The van der Waals surface area contributed by atoms with Crippen molar-refractivity contribution in [3.05, 3.63) is 41.4 Å². The lowest BCUT2D eigenvalue weighted by Gasteiger charge is -2.41. The first-order valence-corrected chi connectivity index (χ1v) is 17.1. The van der Waals surface area contributed by atoms with E-state index in [9.17, 15) is 13.2 Å². The number of ether oxygens (including phenoxy) is 1. The summed E-state index contributed by atoms with van der Waals surface area (Å²) in [5.41, 5.74) is 2.57. The zero-order chi connectivity index (χ0) is 29.0. The van der Waals surface area contributed by atoms with Crippen LogP contribution < -0.4 is 10.0 Å². The Labute approximate surface area is 245 Å². The van der Waals surface area contributed by atoms with Gasteiger partial charge < -0.3 is 19.9 Å². The number of aromatic nitrogens is 2. The highest BCUT2D eigenvalue weighted by atomic mass is 32.2. The molecular formula is C30H46N6O4S. The molecule has 3 atom stereocenters. The van der Waals surface area contributed by atoms with Gasteiger partial charge in [0.15, 0.2) is 0 Å². The Kier molecular flexibility index (Phi) is 9.78. The van der Waals surface area contributed by atoms with Crippen LogP contribution in [0.5, 0.6) is 0 Å². The van der Waals surface area contributed by atoms with Gasteiger partial charge in [0.1, 0.15) is 17.8 Å². The summed E-state index contributed by atoms with van der Waals surface area (Å²) < 4.78 is 32.3. The fraction of sp³-hybridized carbons (Fsp3) is 0.700. The minimum Gasteiger partial charge on any atom is -0.373 e. The fourth-order valence-corrected chi connectivity index (χ4v) is 7.58. The first-order valence-electron chi connectivity index (χ1n) is 15.2. The van der Waals surface area contributed by atoms with Gasteiger partial charge in [-0.05, 0) is 78.3 Å². The van der Waals surface area contributed by atoms with Gasteiger partial charge in [0.25, 0.3) is 5.91 Å². The van der Waals surface area contributed by atoms with E-state index in [1.54, 1.807) is 0 Å². The van der Waals surface area contributed by atoms with Crippen molar-refractivity contribution in [2.75, 3.05) is 44.3 Å². The van der Waals surface area contributed by atoms with Gasteiger partial charge in [0, 0.05) is 43.2 Å². The highest BCUT2D eigenvalue weighted by Gasteiger charge is 2.32. The van der Waals surface area contributed by atoms with Crippen molar-refractivity contribution in [3.63, 3.8) is 0 Å². The van der Waals surface area contributed by atoms with Crippen molar-refractivity contribution in [1.29, 1.82) is 0 Å². The van der Waals surface area contributed by atoms with Crippen LogP contribution in [0.15, 0.2) is 30.1 Å². The fourth-order valence-electron chi connectivity index (χ4n) is 6.74. The van der Waals surface area contributed by atoms with Crippen LogP contribution in [0.2, 0.25) is 0 Å². The quantitative estimate of drug-likeness (QED) is 0.477. The molecule has 1 aromatic heterocycles. The molecule has 0 spiro atoms. The number of nitrogens with zero attached hydrogens (tertiary/aromatic N) is 4. The number of rotatable bonds is 8. The highest BCUT2D eigenvalue weighted by molar-refractivity contribution is 7.88. The minimum atomic E-state index is -3.17. The van der Waals surface area contributed by atoms with Crippen molar-refractivity contribution in [1.82, 2.24) is 24.5 Å². The number of hydrogen-bond donors (Lipinski definition) is 2. The third kappa shape index (κ3) is 7.94. The largest absolute Gasteiger partial charge is 0.373 e. The van der Waals surface area contributed by atoms with Gasteiger partial charge in [-0.2, -0.15) is 0 Å². The summed E-state index contributed by atoms with van der Waals surface area (Å²) in [5, 5.41) is 3.45. The molecule has 0 radical (unpaired) electrons. The Hall–Kier alpha value is -2.34. The maximum atomic E-state index is 13.5. The second-order valence-corrected chi connectivity index (χ2v) is 14.0. The van der Waals surface area contributed by atoms with Crippen LogP contribution in [0.4, 0.5) is 5.82 Å². The van der Waals surface area contributed by atoms with Crippen LogP contribution in [-0.4, -0.2) is 97.4 Å². The van der Waals surface area contributed by atoms with Crippen molar-refractivity contribution in [2.45, 2.75) is 89.5 Å². The molecule has 0 bridgehead atoms. The van der Waals surface area contributed by atoms with Gasteiger partial charge in [-0.15, -0.1) is 0 Å². The molecule has 226 valence electrons. The minimum absolute atomic E-state index is 0.0216. The molecule has 4 heterocycles. The molecule has 0 aromatic carbocycles. The van der Waals surface area contributed by atoms with Gasteiger partial charge in [-0.3, -0.25) is 4.79 Å². The summed E-state index contributed by atoms with van der Waals surface area (Å²) in [4.78, 5) is 26.7. The molecule has 11 heteroatoms. The number of nitrogens with one attached hydrogen (secondary N) is 2. The maximum absolute atomic E-state index is 13.5. The predicted octanol–water partition coefficient (Wildman–Crippen LogP) is 3.28. The first-order chi connectivity index (χ1) is 19.7. The molecule has 1 amide bonds. The standard InChI is InChI=1S/C30H46N6O4S/c1-21-7-9-23(10-8-21)27-6-4-5-26(40-27)19-31-29-22(2)28(32-20-33-29)30(37)36-17-13-25(14-18-36)35-15-11-24(12-16-35)34-41(3,38)39/h7-9,20,23-27,34H,4-6,10-19H2,1-3H3,(H,31,32,33)/t23?,26-,27+/m1/s1. The first kappa shape index (κ1) is 30.1. The van der Waals surface area contributed by atoms with E-state index in [-0.39, 0.29) is 24.2 Å². The SMILES string of the molecule is CC1=CCC([C@@H]2CCC[C@H](CNc3ncnc(C(=O)N4CCC(N5CCC(NS(C)(=O)=O)CC5)CC4)c3C)O2)C=C1. The van der Waals surface area contributed by atoms with Crippen LogP contribution in [0.1, 0.15) is 74.3 Å². The number of carbonyl (C=O) groups excluding carboxylic acids is 1. The molecule has 3 aliphatic heterocycles. The predicted molar refractivity (Wildman–Crippen MR) is 160 cm³/mol. The molecule has 0 saturated carbocycles. The number of anilines is 1. The van der Waals surface area contributed by atoms with E-state index in [2.05, 4.69) is 50.1 Å². The summed E-state index contributed by atoms with van der Waals surface area (Å²) in [6.45, 7) is 7.87. The molecule has 5 rings (SSSR count). The third-order valence-electron chi connectivity index (χ3n) is 9.14. The van der Waals surface area contributed by atoms with Gasteiger partial charge >= 0.3 is 0 Å². The van der Waals surface area contributed by atoms with Crippen molar-refractivity contribution in [2.24, 2.45) is 5.92 Å². The lowest BCUT2D eigenvalue weighted by molar-refractivity contribution is -0.0615. The average molecular weight is 587 g/mol. The number of hydrogen-bond acceptors (Lipinski definition) is 8. The Bertz CT molecular complexity index is 1240. The van der Waals surface area contributed by atoms with E-state index in [0.29, 0.717) is 43.1 Å². The van der Waals surface area contributed by atoms with Crippen molar-refractivity contribution >= 4 is 21.7 Å². The summed E-state index contributed by atoms with van der Waals surface area (Å²) in [6.07, 6.45) is 17.7. The van der Waals surface area contributed by atoms with Crippen LogP contribution in [0, 0.1) is 12.8 Å². The molecule has 4 aliphatic rings. The highest BCUT2D eigenvalue weighted by Crippen LogP contribution is 2.30. The smallest absolute Gasteiger partial charge is 0.272 e. The summed E-state index contributed by atoms with van der Waals surface area (Å²) in [6, 6.07) is 0.443. The molecule has 1 unspecified atom stereocenters. The van der Waals surface area contributed by atoms with Crippen LogP contribution >= 0.6 is 0 Å². The Balaban J connectivity index is 1.10. The van der Waals surface area contributed by atoms with Crippen LogP contribution in [0.3, 0.4) is 0 Å². The van der Waals surface area contributed by atoms with E-state index in [0.717, 1.165) is 70.0 Å². The lowest BCUT2D eigenvalue weighted by atomic mass is 9.87. The van der Waals surface area contributed by atoms with E-state index in [4.69, 9.17) is 4.74 Å². The number of likely N-dealkylation sites (tertiary alicyclic amines) is 2. The number of carbonyl (C=O) groups is 1. The number of allylic oxidation sites excluding steroid dienone is 3. The van der Waals surface area contributed by atoms with E-state index in [1.807, 2.05) is 11.8 Å². The van der Waals surface area contributed by atoms with Crippen LogP contribution in [-0.2, 0) is 14.8 Å². The zero-order valence-electron chi connectivity index (χ0n) is 24.7. The topological polar surface area (TPSA) is 117 Å². The van der Waals surface area contributed by atoms with E-state index >= 15 is 0 Å². The normalized spacial score (nSPS) is 27.0. The Morgan fingerprint density at radius 3 is 2.49 bits per heavy atom. The zero-order valence-corrected chi connectivity index (χ0v) is 25.5. The second kappa shape index (κ2) is 13.3.